The third-order valence-electron chi connectivity index (χ3n) is 7.98. The molecule has 4 aromatic carbocycles. The van der Waals surface area contributed by atoms with Gasteiger partial charge in [-0.3, -0.25) is 9.59 Å². The van der Waals surface area contributed by atoms with E-state index in [9.17, 15) is 14.4 Å². The number of ether oxygens (including phenoxy) is 2. The molecule has 48 heavy (non-hydrogen) atoms. The Morgan fingerprint density at radius 3 is 2.08 bits per heavy atom. The monoisotopic (exact) mass is 659 g/mol. The van der Waals surface area contributed by atoms with E-state index in [1.807, 2.05) is 84.2 Å². The SMILES string of the molecule is CC(C)(C)OC(=O)CC[C@H](NC(=O)OCC1c2ccccc2-c2ccccc21)C(=O)Nc1ccc(-c2csc(-c3ccccc3)n2)cc1. The lowest BCUT2D eigenvalue weighted by molar-refractivity contribution is -0.155. The minimum absolute atomic E-state index is 0.0319. The first-order valence-corrected chi connectivity index (χ1v) is 16.8. The molecule has 6 rings (SSSR count). The van der Waals surface area contributed by atoms with Crippen molar-refractivity contribution in [2.45, 2.75) is 51.2 Å². The van der Waals surface area contributed by atoms with Crippen molar-refractivity contribution in [2.24, 2.45) is 0 Å². The molecule has 8 nitrogen and oxygen atoms in total. The summed E-state index contributed by atoms with van der Waals surface area (Å²) in [5, 5.41) is 8.49. The molecule has 2 N–H and O–H groups in total. The standard InChI is InChI=1S/C39H37N3O5S/c1-39(2,3)47-35(43)22-21-33(42-38(45)46-23-32-30-15-9-7-13-28(30)29-14-8-10-16-31(29)32)36(44)40-27-19-17-25(18-20-27)34-24-48-37(41-34)26-11-5-4-6-12-26/h4-20,24,32-33H,21-23H2,1-3H3,(H,40,44)(H,42,45)/t33-/m0/s1. The van der Waals surface area contributed by atoms with E-state index in [2.05, 4.69) is 22.8 Å². The molecule has 1 heterocycles. The first kappa shape index (κ1) is 32.7. The first-order chi connectivity index (χ1) is 23.1. The van der Waals surface area contributed by atoms with Gasteiger partial charge in [-0.15, -0.1) is 11.3 Å². The van der Waals surface area contributed by atoms with E-state index in [4.69, 9.17) is 14.5 Å². The molecule has 0 radical (unpaired) electrons. The lowest BCUT2D eigenvalue weighted by atomic mass is 9.98. The molecular weight excluding hydrogens is 623 g/mol. The van der Waals surface area contributed by atoms with Gasteiger partial charge in [0, 0.05) is 34.5 Å². The molecule has 5 aromatic rings. The molecule has 2 amide bonds. The summed E-state index contributed by atoms with van der Waals surface area (Å²) < 4.78 is 11.1. The van der Waals surface area contributed by atoms with Crippen molar-refractivity contribution in [3.63, 3.8) is 0 Å². The van der Waals surface area contributed by atoms with E-state index < -0.39 is 29.6 Å². The Bertz CT molecular complexity index is 1870. The number of aromatic nitrogens is 1. The molecule has 9 heteroatoms. The van der Waals surface area contributed by atoms with Crippen LogP contribution in [0, 0.1) is 0 Å². The molecule has 0 saturated heterocycles. The van der Waals surface area contributed by atoms with E-state index in [0.29, 0.717) is 5.69 Å². The zero-order chi connectivity index (χ0) is 33.7. The van der Waals surface area contributed by atoms with Gasteiger partial charge >= 0.3 is 12.1 Å². The zero-order valence-electron chi connectivity index (χ0n) is 27.1. The summed E-state index contributed by atoms with van der Waals surface area (Å²) in [6.07, 6.45) is -0.773. The quantitative estimate of drug-likeness (QED) is 0.146. The van der Waals surface area contributed by atoms with Crippen molar-refractivity contribution in [3.8, 4) is 33.0 Å². The van der Waals surface area contributed by atoms with E-state index >= 15 is 0 Å². The molecule has 0 aliphatic heterocycles. The van der Waals surface area contributed by atoms with E-state index in [0.717, 1.165) is 44.1 Å². The molecule has 1 atom stereocenters. The zero-order valence-corrected chi connectivity index (χ0v) is 27.9. The Morgan fingerprint density at radius 2 is 1.44 bits per heavy atom. The maximum Gasteiger partial charge on any atom is 0.407 e. The van der Waals surface area contributed by atoms with Crippen LogP contribution < -0.4 is 10.6 Å². The summed E-state index contributed by atoms with van der Waals surface area (Å²) in [7, 11) is 0. The molecule has 1 aliphatic rings. The number of nitrogens with one attached hydrogen (secondary N) is 2. The molecule has 0 saturated carbocycles. The summed E-state index contributed by atoms with van der Waals surface area (Å²) in [6, 6.07) is 32.4. The Morgan fingerprint density at radius 1 is 0.812 bits per heavy atom. The Labute approximate surface area is 284 Å². The summed E-state index contributed by atoms with van der Waals surface area (Å²) in [5.74, 6) is -1.06. The van der Waals surface area contributed by atoms with Crippen molar-refractivity contribution < 1.29 is 23.9 Å². The average Bonchev–Trinajstić information content (AvgIpc) is 3.69. The fourth-order valence-corrected chi connectivity index (χ4v) is 6.61. The number of esters is 1. The van der Waals surface area contributed by atoms with Gasteiger partial charge in [0.05, 0.1) is 5.69 Å². The van der Waals surface area contributed by atoms with Gasteiger partial charge in [-0.05, 0) is 61.6 Å². The molecule has 0 bridgehead atoms. The van der Waals surface area contributed by atoms with E-state index in [1.165, 1.54) is 0 Å². The second-order valence-electron chi connectivity index (χ2n) is 12.6. The van der Waals surface area contributed by atoms with Gasteiger partial charge in [0.25, 0.3) is 0 Å². The summed E-state index contributed by atoms with van der Waals surface area (Å²) in [5.41, 5.74) is 7.08. The fraction of sp³-hybridized carbons (Fsp3) is 0.231. The maximum atomic E-state index is 13.5. The topological polar surface area (TPSA) is 107 Å². The van der Waals surface area contributed by atoms with Crippen LogP contribution in [0.3, 0.4) is 0 Å². The molecular formula is C39H37N3O5S. The van der Waals surface area contributed by atoms with Gasteiger partial charge in [-0.25, -0.2) is 9.78 Å². The van der Waals surface area contributed by atoms with Crippen LogP contribution in [0.15, 0.2) is 109 Å². The number of benzene rings is 4. The summed E-state index contributed by atoms with van der Waals surface area (Å²) in [4.78, 5) is 43.9. The summed E-state index contributed by atoms with van der Waals surface area (Å²) in [6.45, 7) is 5.44. The van der Waals surface area contributed by atoms with Crippen molar-refractivity contribution in [1.82, 2.24) is 10.3 Å². The number of fused-ring (bicyclic) bond motifs is 3. The smallest absolute Gasteiger partial charge is 0.407 e. The number of amides is 2. The van der Waals surface area contributed by atoms with Crippen LogP contribution >= 0.6 is 11.3 Å². The Hall–Kier alpha value is -5.28. The maximum absolute atomic E-state index is 13.5. The third-order valence-corrected chi connectivity index (χ3v) is 8.87. The van der Waals surface area contributed by atoms with Crippen LogP contribution in [-0.2, 0) is 19.1 Å². The third kappa shape index (κ3) is 7.81. The lowest BCUT2D eigenvalue weighted by Gasteiger charge is -2.22. The van der Waals surface area contributed by atoms with Gasteiger partial charge in [-0.2, -0.15) is 0 Å². The highest BCUT2D eigenvalue weighted by atomic mass is 32.1. The normalized spacial score (nSPS) is 12.8. The minimum Gasteiger partial charge on any atom is -0.460 e. The summed E-state index contributed by atoms with van der Waals surface area (Å²) >= 11 is 1.57. The molecule has 0 unspecified atom stereocenters. The highest BCUT2D eigenvalue weighted by Crippen LogP contribution is 2.44. The number of carbonyl (C=O) groups excluding carboxylic acids is 3. The van der Waals surface area contributed by atoms with Crippen LogP contribution in [0.4, 0.5) is 10.5 Å². The predicted octanol–water partition coefficient (Wildman–Crippen LogP) is 8.44. The highest BCUT2D eigenvalue weighted by molar-refractivity contribution is 7.13. The van der Waals surface area contributed by atoms with Gasteiger partial charge in [-0.1, -0.05) is 91.0 Å². The number of thiazole rings is 1. The largest absolute Gasteiger partial charge is 0.460 e. The van der Waals surface area contributed by atoms with Crippen LogP contribution in [0.5, 0.6) is 0 Å². The van der Waals surface area contributed by atoms with Gasteiger partial charge in [0.15, 0.2) is 0 Å². The molecule has 0 fully saturated rings. The number of anilines is 1. The molecule has 1 aliphatic carbocycles. The lowest BCUT2D eigenvalue weighted by Crippen LogP contribution is -2.44. The van der Waals surface area contributed by atoms with Crippen LogP contribution in [0.25, 0.3) is 33.0 Å². The van der Waals surface area contributed by atoms with Crippen LogP contribution in [-0.4, -0.2) is 41.2 Å². The fourth-order valence-electron chi connectivity index (χ4n) is 5.78. The van der Waals surface area contributed by atoms with Gasteiger partial charge in [0.1, 0.15) is 23.3 Å². The van der Waals surface area contributed by atoms with E-state index in [-0.39, 0.29) is 25.4 Å². The van der Waals surface area contributed by atoms with Gasteiger partial charge in [0.2, 0.25) is 5.91 Å². The highest BCUT2D eigenvalue weighted by Gasteiger charge is 2.30. The van der Waals surface area contributed by atoms with Crippen molar-refractivity contribution in [1.29, 1.82) is 0 Å². The Balaban J connectivity index is 1.12. The number of nitrogens with zero attached hydrogens (tertiary/aromatic N) is 1. The number of carbonyl (C=O) groups is 3. The Kier molecular flexibility index (Phi) is 9.68. The number of alkyl carbamates (subject to hydrolysis) is 1. The van der Waals surface area contributed by atoms with Crippen LogP contribution in [0.1, 0.15) is 50.7 Å². The number of rotatable bonds is 10. The number of hydrogen-bond donors (Lipinski definition) is 2. The average molecular weight is 660 g/mol. The number of hydrogen-bond acceptors (Lipinski definition) is 7. The second-order valence-corrected chi connectivity index (χ2v) is 13.5. The van der Waals surface area contributed by atoms with Crippen molar-refractivity contribution in [3.05, 3.63) is 120 Å². The van der Waals surface area contributed by atoms with E-state index in [1.54, 1.807) is 44.2 Å². The minimum atomic E-state index is -1.04. The molecule has 244 valence electrons. The van der Waals surface area contributed by atoms with Crippen molar-refractivity contribution >= 4 is 35.0 Å². The first-order valence-electron chi connectivity index (χ1n) is 15.9. The van der Waals surface area contributed by atoms with Gasteiger partial charge < -0.3 is 20.1 Å². The molecule has 1 aromatic heterocycles. The van der Waals surface area contributed by atoms with Crippen LogP contribution in [0.2, 0.25) is 0 Å². The van der Waals surface area contributed by atoms with Crippen molar-refractivity contribution in [2.75, 3.05) is 11.9 Å². The predicted molar refractivity (Wildman–Crippen MR) is 189 cm³/mol. The second kappa shape index (κ2) is 14.2. The molecule has 0 spiro atoms.